The van der Waals surface area contributed by atoms with Gasteiger partial charge < -0.3 is 0 Å². The molecule has 1 atom stereocenters. The van der Waals surface area contributed by atoms with E-state index < -0.39 is 33.7 Å². The Hall–Kier alpha value is -0.300. The molecule has 1 saturated carbocycles. The molecule has 7 heteroatoms. The zero-order valence-corrected chi connectivity index (χ0v) is 10.2. The van der Waals surface area contributed by atoms with Gasteiger partial charge in [0.05, 0.1) is 6.26 Å². The lowest BCUT2D eigenvalue weighted by molar-refractivity contribution is -0.271. The number of hydrogen-bond donors (Lipinski definition) is 0. The largest absolute Gasteiger partial charge is 0.419 e. The molecule has 0 aliphatic heterocycles. The van der Waals surface area contributed by atoms with Crippen LogP contribution in [0, 0.1) is 11.8 Å². The second-order valence-electron chi connectivity index (χ2n) is 4.51. The maximum atomic E-state index is 13.1. The summed E-state index contributed by atoms with van der Waals surface area (Å²) < 4.78 is 65.6. The van der Waals surface area contributed by atoms with Crippen molar-refractivity contribution in [1.29, 1.82) is 0 Å². The second-order valence-corrected chi connectivity index (χ2v) is 6.08. The molecule has 0 aromatic heterocycles. The van der Waals surface area contributed by atoms with Gasteiger partial charge in [0.15, 0.2) is 5.60 Å². The minimum atomic E-state index is -4.68. The van der Waals surface area contributed by atoms with E-state index in [2.05, 4.69) is 4.18 Å². The lowest BCUT2D eigenvalue weighted by Crippen LogP contribution is -2.54. The first-order valence-electron chi connectivity index (χ1n) is 4.98. The lowest BCUT2D eigenvalue weighted by Gasteiger charge is -2.38. The number of rotatable bonds is 4. The zero-order valence-electron chi connectivity index (χ0n) is 9.34. The van der Waals surface area contributed by atoms with E-state index in [9.17, 15) is 21.6 Å². The Morgan fingerprint density at radius 3 is 1.88 bits per heavy atom. The first-order chi connectivity index (χ1) is 7.01. The van der Waals surface area contributed by atoms with Crippen LogP contribution in [-0.2, 0) is 14.3 Å². The van der Waals surface area contributed by atoms with Gasteiger partial charge in [0, 0.05) is 0 Å². The Bertz CT molecular complexity index is 353. The molecule has 0 spiro atoms. The summed E-state index contributed by atoms with van der Waals surface area (Å²) in [5, 5.41) is 0. The van der Waals surface area contributed by atoms with Crippen LogP contribution in [0.1, 0.15) is 26.7 Å². The van der Waals surface area contributed by atoms with E-state index in [-0.39, 0.29) is 0 Å². The maximum Gasteiger partial charge on any atom is 0.419 e. The third-order valence-electron chi connectivity index (χ3n) is 2.77. The van der Waals surface area contributed by atoms with Gasteiger partial charge in [-0.1, -0.05) is 13.8 Å². The molecular formula is C9H15F3O3S. The molecule has 0 aromatic rings. The highest BCUT2D eigenvalue weighted by atomic mass is 32.2. The van der Waals surface area contributed by atoms with Crippen LogP contribution in [-0.4, -0.2) is 26.5 Å². The van der Waals surface area contributed by atoms with Crippen molar-refractivity contribution in [3.05, 3.63) is 0 Å². The lowest BCUT2D eigenvalue weighted by atomic mass is 9.85. The van der Waals surface area contributed by atoms with Gasteiger partial charge in [-0.05, 0) is 24.7 Å². The first-order valence-corrected chi connectivity index (χ1v) is 6.79. The molecule has 1 aliphatic rings. The highest BCUT2D eigenvalue weighted by Crippen LogP contribution is 2.54. The van der Waals surface area contributed by atoms with Crippen molar-refractivity contribution in [2.75, 3.05) is 6.26 Å². The van der Waals surface area contributed by atoms with Crippen LogP contribution in [0.5, 0.6) is 0 Å². The fourth-order valence-corrected chi connectivity index (χ4v) is 2.93. The average Bonchev–Trinajstić information content (AvgIpc) is 2.77. The van der Waals surface area contributed by atoms with Gasteiger partial charge in [0.1, 0.15) is 0 Å². The maximum absolute atomic E-state index is 13.1. The molecule has 1 aliphatic carbocycles. The average molecular weight is 260 g/mol. The standard InChI is InChI=1S/C9H15F3O3S/c1-6(2)8(7-4-5-7,9(10,11)12)15-16(3,13)14/h6-7H,4-5H2,1-3H3. The summed E-state index contributed by atoms with van der Waals surface area (Å²) >= 11 is 0. The van der Waals surface area contributed by atoms with Gasteiger partial charge in [-0.15, -0.1) is 0 Å². The van der Waals surface area contributed by atoms with E-state index in [1.807, 2.05) is 0 Å². The Morgan fingerprint density at radius 2 is 1.69 bits per heavy atom. The van der Waals surface area contributed by atoms with Crippen molar-refractivity contribution >= 4 is 10.1 Å². The Labute approximate surface area is 93.1 Å². The Kier molecular flexibility index (Phi) is 3.33. The van der Waals surface area contributed by atoms with E-state index in [4.69, 9.17) is 0 Å². The van der Waals surface area contributed by atoms with Gasteiger partial charge in [-0.3, -0.25) is 4.18 Å². The molecule has 0 N–H and O–H groups in total. The summed E-state index contributed by atoms with van der Waals surface area (Å²) in [6, 6.07) is 0. The van der Waals surface area contributed by atoms with E-state index in [1.165, 1.54) is 13.8 Å². The van der Waals surface area contributed by atoms with Crippen molar-refractivity contribution in [2.45, 2.75) is 38.5 Å². The molecule has 0 heterocycles. The monoisotopic (exact) mass is 260 g/mol. The minimum absolute atomic E-state index is 0.354. The Balaban J connectivity index is 3.18. The third-order valence-corrected chi connectivity index (χ3v) is 3.35. The van der Waals surface area contributed by atoms with E-state index in [1.54, 1.807) is 0 Å². The van der Waals surface area contributed by atoms with Crippen LogP contribution in [0.15, 0.2) is 0 Å². The van der Waals surface area contributed by atoms with Crippen molar-refractivity contribution in [3.63, 3.8) is 0 Å². The normalized spacial score (nSPS) is 22.2. The summed E-state index contributed by atoms with van der Waals surface area (Å²) in [6.45, 7) is 2.66. The SMILES string of the molecule is CC(C)C(OS(C)(=O)=O)(C1CC1)C(F)(F)F. The molecule has 16 heavy (non-hydrogen) atoms. The van der Waals surface area contributed by atoms with Gasteiger partial charge in [-0.25, -0.2) is 0 Å². The van der Waals surface area contributed by atoms with E-state index >= 15 is 0 Å². The topological polar surface area (TPSA) is 43.4 Å². The molecular weight excluding hydrogens is 245 g/mol. The molecule has 0 aromatic carbocycles. The number of hydrogen-bond acceptors (Lipinski definition) is 3. The van der Waals surface area contributed by atoms with Crippen LogP contribution in [0.25, 0.3) is 0 Å². The van der Waals surface area contributed by atoms with Gasteiger partial charge in [-0.2, -0.15) is 21.6 Å². The van der Waals surface area contributed by atoms with Crippen molar-refractivity contribution in [2.24, 2.45) is 11.8 Å². The highest BCUT2D eigenvalue weighted by molar-refractivity contribution is 7.86. The molecule has 3 nitrogen and oxygen atoms in total. The van der Waals surface area contributed by atoms with Crippen LogP contribution >= 0.6 is 0 Å². The van der Waals surface area contributed by atoms with Crippen LogP contribution in [0.4, 0.5) is 13.2 Å². The Morgan fingerprint density at radius 1 is 1.25 bits per heavy atom. The first kappa shape index (κ1) is 13.8. The van der Waals surface area contributed by atoms with Crippen molar-refractivity contribution in [1.82, 2.24) is 0 Å². The van der Waals surface area contributed by atoms with Crippen LogP contribution in [0.3, 0.4) is 0 Å². The highest BCUT2D eigenvalue weighted by Gasteiger charge is 2.67. The fourth-order valence-electron chi connectivity index (χ4n) is 2.00. The molecule has 0 bridgehead atoms. The smallest absolute Gasteiger partial charge is 0.253 e. The molecule has 1 unspecified atom stereocenters. The predicted molar refractivity (Wildman–Crippen MR) is 52.3 cm³/mol. The molecule has 0 saturated heterocycles. The minimum Gasteiger partial charge on any atom is -0.253 e. The summed E-state index contributed by atoms with van der Waals surface area (Å²) in [5.41, 5.74) is -2.55. The summed E-state index contributed by atoms with van der Waals surface area (Å²) in [4.78, 5) is 0. The van der Waals surface area contributed by atoms with E-state index in [0.29, 0.717) is 19.1 Å². The quantitative estimate of drug-likeness (QED) is 0.729. The van der Waals surface area contributed by atoms with Crippen molar-refractivity contribution in [3.8, 4) is 0 Å². The molecule has 1 rings (SSSR count). The molecule has 1 fully saturated rings. The third kappa shape index (κ3) is 2.51. The second kappa shape index (κ2) is 3.87. The molecule has 96 valence electrons. The fraction of sp³-hybridized carbons (Fsp3) is 1.00. The van der Waals surface area contributed by atoms with Crippen LogP contribution in [0.2, 0.25) is 0 Å². The summed E-state index contributed by atoms with van der Waals surface area (Å²) in [7, 11) is -4.13. The summed E-state index contributed by atoms with van der Waals surface area (Å²) in [6.07, 6.45) is -3.32. The van der Waals surface area contributed by atoms with Gasteiger partial charge in [0.2, 0.25) is 0 Å². The number of alkyl halides is 3. The van der Waals surface area contributed by atoms with Crippen molar-refractivity contribution < 1.29 is 25.8 Å². The predicted octanol–water partition coefficient (Wildman–Crippen LogP) is 2.33. The van der Waals surface area contributed by atoms with Crippen LogP contribution < -0.4 is 0 Å². The van der Waals surface area contributed by atoms with E-state index in [0.717, 1.165) is 0 Å². The van der Waals surface area contributed by atoms with Gasteiger partial charge in [0.25, 0.3) is 10.1 Å². The molecule has 0 amide bonds. The molecule has 0 radical (unpaired) electrons. The summed E-state index contributed by atoms with van der Waals surface area (Å²) in [5.74, 6) is -1.68. The zero-order chi connectivity index (χ0) is 12.8. The van der Waals surface area contributed by atoms with Gasteiger partial charge >= 0.3 is 6.18 Å². The number of halogens is 3.